The minimum atomic E-state index is -0.625. The Bertz CT molecular complexity index is 977. The van der Waals surface area contributed by atoms with Crippen molar-refractivity contribution in [2.45, 2.75) is 13.8 Å². The smallest absolute Gasteiger partial charge is 0.373 e. The third kappa shape index (κ3) is 2.38. The maximum atomic E-state index is 12.8. The normalized spacial score (nSPS) is 10.9. The molecule has 0 amide bonds. The number of fused-ring (bicyclic) bond motifs is 1. The lowest BCUT2D eigenvalue weighted by atomic mass is 10.0. The van der Waals surface area contributed by atoms with Crippen molar-refractivity contribution < 1.29 is 23.5 Å². The van der Waals surface area contributed by atoms with Gasteiger partial charge in [0.2, 0.25) is 11.2 Å². The van der Waals surface area contributed by atoms with E-state index in [1.54, 1.807) is 13.8 Å². The largest absolute Gasteiger partial charge is 0.508 e. The number of aromatic hydroxyl groups is 1. The fourth-order valence-electron chi connectivity index (χ4n) is 2.58. The van der Waals surface area contributed by atoms with Crippen molar-refractivity contribution in [1.29, 1.82) is 0 Å². The molecule has 0 saturated heterocycles. The molecule has 0 aliphatic carbocycles. The Morgan fingerprint density at radius 2 is 1.91 bits per heavy atom. The Morgan fingerprint density at radius 3 is 2.61 bits per heavy atom. The average molecular weight is 314 g/mol. The highest BCUT2D eigenvalue weighted by Gasteiger charge is 2.20. The molecule has 1 aromatic carbocycles. The van der Waals surface area contributed by atoms with Gasteiger partial charge in [-0.05, 0) is 37.6 Å². The number of furan rings is 1. The van der Waals surface area contributed by atoms with Crippen molar-refractivity contribution >= 4 is 16.9 Å². The van der Waals surface area contributed by atoms with Gasteiger partial charge in [-0.3, -0.25) is 4.79 Å². The van der Waals surface area contributed by atoms with E-state index in [9.17, 15) is 14.7 Å². The van der Waals surface area contributed by atoms with E-state index in [1.165, 1.54) is 31.4 Å². The number of rotatable bonds is 2. The van der Waals surface area contributed by atoms with Crippen molar-refractivity contribution in [3.63, 3.8) is 0 Å². The Morgan fingerprint density at radius 1 is 1.17 bits per heavy atom. The molecule has 0 atom stereocenters. The molecule has 6 heteroatoms. The van der Waals surface area contributed by atoms with Crippen molar-refractivity contribution in [3.05, 3.63) is 51.6 Å². The molecule has 0 aliphatic rings. The number of ether oxygens (including phenoxy) is 1. The first-order valence-corrected chi connectivity index (χ1v) is 6.88. The molecule has 0 radical (unpaired) electrons. The third-order valence-corrected chi connectivity index (χ3v) is 3.59. The van der Waals surface area contributed by atoms with Crippen molar-refractivity contribution in [2.24, 2.45) is 0 Å². The number of benzene rings is 1. The Hall–Kier alpha value is -3.02. The summed E-state index contributed by atoms with van der Waals surface area (Å²) in [6, 6.07) is 5.84. The molecule has 2 heterocycles. The average Bonchev–Trinajstić information content (AvgIpc) is 2.94. The van der Waals surface area contributed by atoms with E-state index >= 15 is 0 Å². The summed E-state index contributed by atoms with van der Waals surface area (Å²) in [5.74, 6) is -0.0374. The summed E-state index contributed by atoms with van der Waals surface area (Å²) < 4.78 is 15.6. The van der Waals surface area contributed by atoms with Gasteiger partial charge in [0, 0.05) is 6.07 Å². The first-order valence-electron chi connectivity index (χ1n) is 6.88. The SMILES string of the molecule is COC(=O)c1ccc(-c2c(C)oc3cc(O)cc(C)c3c2=O)o1. The highest BCUT2D eigenvalue weighted by Crippen LogP contribution is 2.29. The number of esters is 1. The topological polar surface area (TPSA) is 89.9 Å². The number of carbonyl (C=O) groups excluding carboxylic acids is 1. The predicted molar refractivity (Wildman–Crippen MR) is 82.7 cm³/mol. The number of phenols is 1. The van der Waals surface area contributed by atoms with Crippen LogP contribution in [0.25, 0.3) is 22.3 Å². The summed E-state index contributed by atoms with van der Waals surface area (Å²) >= 11 is 0. The van der Waals surface area contributed by atoms with Gasteiger partial charge in [-0.25, -0.2) is 4.79 Å². The van der Waals surface area contributed by atoms with Crippen LogP contribution < -0.4 is 5.43 Å². The molecule has 0 fully saturated rings. The van der Waals surface area contributed by atoms with Crippen molar-refractivity contribution in [2.75, 3.05) is 7.11 Å². The van der Waals surface area contributed by atoms with Gasteiger partial charge in [0.1, 0.15) is 28.4 Å². The minimum Gasteiger partial charge on any atom is -0.508 e. The number of aryl methyl sites for hydroxylation is 2. The van der Waals surface area contributed by atoms with Crippen LogP contribution in [0.15, 0.2) is 37.9 Å². The van der Waals surface area contributed by atoms with E-state index in [0.29, 0.717) is 22.3 Å². The fourth-order valence-corrected chi connectivity index (χ4v) is 2.58. The zero-order valence-electron chi connectivity index (χ0n) is 12.8. The van der Waals surface area contributed by atoms with Crippen LogP contribution in [-0.4, -0.2) is 18.2 Å². The minimum absolute atomic E-state index is 0.00354. The molecule has 6 nitrogen and oxygen atoms in total. The second kappa shape index (κ2) is 5.31. The monoisotopic (exact) mass is 314 g/mol. The second-order valence-electron chi connectivity index (χ2n) is 5.15. The summed E-state index contributed by atoms with van der Waals surface area (Å²) in [6.07, 6.45) is 0. The fraction of sp³-hybridized carbons (Fsp3) is 0.176. The van der Waals surface area contributed by atoms with Gasteiger partial charge < -0.3 is 18.7 Å². The van der Waals surface area contributed by atoms with E-state index in [4.69, 9.17) is 8.83 Å². The quantitative estimate of drug-likeness (QED) is 0.731. The zero-order valence-corrected chi connectivity index (χ0v) is 12.8. The zero-order chi connectivity index (χ0) is 16.7. The first-order chi connectivity index (χ1) is 10.9. The van der Waals surface area contributed by atoms with Crippen LogP contribution in [0.2, 0.25) is 0 Å². The summed E-state index contributed by atoms with van der Waals surface area (Å²) in [6.45, 7) is 3.33. The molecule has 0 aliphatic heterocycles. The van der Waals surface area contributed by atoms with E-state index in [2.05, 4.69) is 4.74 Å². The van der Waals surface area contributed by atoms with E-state index in [-0.39, 0.29) is 28.3 Å². The molecule has 23 heavy (non-hydrogen) atoms. The highest BCUT2D eigenvalue weighted by atomic mass is 16.5. The predicted octanol–water partition coefficient (Wildman–Crippen LogP) is 3.16. The molecule has 0 bridgehead atoms. The van der Waals surface area contributed by atoms with Gasteiger partial charge in [-0.15, -0.1) is 0 Å². The van der Waals surface area contributed by atoms with E-state index < -0.39 is 5.97 Å². The standard InChI is InChI=1S/C17H14O6/c1-8-6-10(18)7-13-14(8)16(19)15(9(2)22-13)11-4-5-12(23-11)17(20)21-3/h4-7,18H,1-3H3. The van der Waals surface area contributed by atoms with Gasteiger partial charge in [0.25, 0.3) is 0 Å². The van der Waals surface area contributed by atoms with Gasteiger partial charge in [-0.1, -0.05) is 0 Å². The van der Waals surface area contributed by atoms with Crippen LogP contribution in [0.3, 0.4) is 0 Å². The number of methoxy groups -OCH3 is 1. The molecule has 1 N–H and O–H groups in total. The molecule has 0 spiro atoms. The Kier molecular flexibility index (Phi) is 3.44. The van der Waals surface area contributed by atoms with Crippen LogP contribution in [0, 0.1) is 13.8 Å². The maximum absolute atomic E-state index is 12.8. The molecular formula is C17H14O6. The van der Waals surface area contributed by atoms with Gasteiger partial charge in [0.15, 0.2) is 0 Å². The van der Waals surface area contributed by atoms with Crippen LogP contribution >= 0.6 is 0 Å². The van der Waals surface area contributed by atoms with Gasteiger partial charge in [-0.2, -0.15) is 0 Å². The molecule has 0 saturated carbocycles. The van der Waals surface area contributed by atoms with E-state index in [1.807, 2.05) is 0 Å². The Labute approximate surface area is 130 Å². The number of carbonyl (C=O) groups is 1. The maximum Gasteiger partial charge on any atom is 0.373 e. The summed E-state index contributed by atoms with van der Waals surface area (Å²) in [7, 11) is 1.25. The molecule has 3 rings (SSSR count). The Balaban J connectivity index is 2.28. The highest BCUT2D eigenvalue weighted by molar-refractivity contribution is 5.88. The molecule has 3 aromatic rings. The van der Waals surface area contributed by atoms with Crippen LogP contribution in [-0.2, 0) is 4.74 Å². The lowest BCUT2D eigenvalue weighted by molar-refractivity contribution is 0.0566. The van der Waals surface area contributed by atoms with Crippen LogP contribution in [0.4, 0.5) is 0 Å². The van der Waals surface area contributed by atoms with E-state index in [0.717, 1.165) is 0 Å². The summed E-state index contributed by atoms with van der Waals surface area (Å²) in [5.41, 5.74) is 0.844. The van der Waals surface area contributed by atoms with Crippen molar-refractivity contribution in [3.8, 4) is 17.1 Å². The number of phenolic OH excluding ortho intramolecular Hbond substituents is 1. The number of hydrogen-bond donors (Lipinski definition) is 1. The van der Waals surface area contributed by atoms with Gasteiger partial charge >= 0.3 is 5.97 Å². The van der Waals surface area contributed by atoms with Gasteiger partial charge in [0.05, 0.1) is 12.5 Å². The third-order valence-electron chi connectivity index (χ3n) is 3.59. The van der Waals surface area contributed by atoms with Crippen LogP contribution in [0.5, 0.6) is 5.75 Å². The summed E-state index contributed by atoms with van der Waals surface area (Å²) in [4.78, 5) is 24.3. The molecule has 0 unspecified atom stereocenters. The number of hydrogen-bond acceptors (Lipinski definition) is 6. The van der Waals surface area contributed by atoms with Crippen molar-refractivity contribution in [1.82, 2.24) is 0 Å². The first kappa shape index (κ1) is 14.9. The molecule has 2 aromatic heterocycles. The molecular weight excluding hydrogens is 300 g/mol. The van der Waals surface area contributed by atoms with Crippen LogP contribution in [0.1, 0.15) is 21.9 Å². The lowest BCUT2D eigenvalue weighted by Gasteiger charge is -2.07. The lowest BCUT2D eigenvalue weighted by Crippen LogP contribution is -2.08. The molecule has 118 valence electrons. The summed E-state index contributed by atoms with van der Waals surface area (Å²) in [5, 5.41) is 10.00. The second-order valence-corrected chi connectivity index (χ2v) is 5.15.